The fraction of sp³-hybridized carbons (Fsp3) is 1.00. The van der Waals surface area contributed by atoms with Gasteiger partial charge < -0.3 is 9.64 Å². The highest BCUT2D eigenvalue weighted by molar-refractivity contribution is 9.09. The van der Waals surface area contributed by atoms with Crippen LogP contribution in [0.2, 0.25) is 0 Å². The van der Waals surface area contributed by atoms with Gasteiger partial charge in [-0.05, 0) is 25.8 Å². The number of halogens is 1. The van der Waals surface area contributed by atoms with Crippen molar-refractivity contribution in [2.45, 2.75) is 32.2 Å². The molecule has 1 fully saturated rings. The van der Waals surface area contributed by atoms with Crippen LogP contribution in [0.5, 0.6) is 0 Å². The summed E-state index contributed by atoms with van der Waals surface area (Å²) in [7, 11) is 2.25. The molecular weight excluding hydrogens is 242 g/mol. The highest BCUT2D eigenvalue weighted by atomic mass is 79.9. The van der Waals surface area contributed by atoms with Gasteiger partial charge in [0.2, 0.25) is 0 Å². The molecule has 0 radical (unpaired) electrons. The van der Waals surface area contributed by atoms with E-state index in [1.165, 1.54) is 25.8 Å². The lowest BCUT2D eigenvalue weighted by molar-refractivity contribution is 0.0391. The number of ether oxygens (including phenoxy) is 1. The van der Waals surface area contributed by atoms with Gasteiger partial charge >= 0.3 is 0 Å². The molecule has 0 N–H and O–H groups in total. The molecule has 2 nitrogen and oxygen atoms in total. The topological polar surface area (TPSA) is 12.5 Å². The molecule has 0 aromatic rings. The van der Waals surface area contributed by atoms with Crippen LogP contribution in [0.15, 0.2) is 0 Å². The molecule has 0 saturated carbocycles. The third kappa shape index (κ3) is 3.87. The maximum atomic E-state index is 5.37. The summed E-state index contributed by atoms with van der Waals surface area (Å²) < 4.78 is 5.37. The van der Waals surface area contributed by atoms with Crippen LogP contribution in [-0.2, 0) is 4.74 Å². The second-order valence-corrected chi connectivity index (χ2v) is 4.86. The molecule has 84 valence electrons. The fourth-order valence-corrected chi connectivity index (χ4v) is 2.63. The summed E-state index contributed by atoms with van der Waals surface area (Å²) in [5.74, 6) is 0.794. The average Bonchev–Trinajstić information content (AvgIpc) is 2.26. The largest absolute Gasteiger partial charge is 0.381 e. The van der Waals surface area contributed by atoms with E-state index in [1.54, 1.807) is 0 Å². The molecule has 1 saturated heterocycles. The second kappa shape index (κ2) is 6.81. The van der Waals surface area contributed by atoms with E-state index in [1.807, 2.05) is 0 Å². The molecule has 1 rings (SSSR count). The van der Waals surface area contributed by atoms with Crippen LogP contribution in [-0.4, -0.2) is 43.1 Å². The summed E-state index contributed by atoms with van der Waals surface area (Å²) in [6.45, 7) is 5.37. The standard InChI is InChI=1S/C11H22BrNO/c1-3-10(8-12)9-13(2)11-4-6-14-7-5-11/h10-11H,3-9H2,1-2H3. The van der Waals surface area contributed by atoms with Gasteiger partial charge in [0, 0.05) is 31.1 Å². The van der Waals surface area contributed by atoms with Crippen molar-refractivity contribution >= 4 is 15.9 Å². The first-order chi connectivity index (χ1) is 6.77. The summed E-state index contributed by atoms with van der Waals surface area (Å²) >= 11 is 3.58. The summed E-state index contributed by atoms with van der Waals surface area (Å²) in [5, 5.41) is 1.12. The van der Waals surface area contributed by atoms with E-state index >= 15 is 0 Å². The van der Waals surface area contributed by atoms with Crippen LogP contribution in [0.4, 0.5) is 0 Å². The van der Waals surface area contributed by atoms with E-state index in [0.717, 1.165) is 30.5 Å². The van der Waals surface area contributed by atoms with Crippen LogP contribution in [0.3, 0.4) is 0 Å². The molecule has 0 aromatic heterocycles. The molecule has 1 heterocycles. The third-order valence-electron chi connectivity index (χ3n) is 3.16. The highest BCUT2D eigenvalue weighted by Gasteiger charge is 2.20. The van der Waals surface area contributed by atoms with Crippen molar-refractivity contribution in [2.24, 2.45) is 5.92 Å². The maximum absolute atomic E-state index is 5.37. The van der Waals surface area contributed by atoms with Crippen LogP contribution >= 0.6 is 15.9 Å². The Morgan fingerprint density at radius 2 is 2.07 bits per heavy atom. The van der Waals surface area contributed by atoms with Crippen molar-refractivity contribution in [3.8, 4) is 0 Å². The van der Waals surface area contributed by atoms with Crippen molar-refractivity contribution < 1.29 is 4.74 Å². The van der Waals surface area contributed by atoms with E-state index in [2.05, 4.69) is 34.8 Å². The predicted molar refractivity (Wildman–Crippen MR) is 64.0 cm³/mol. The summed E-state index contributed by atoms with van der Waals surface area (Å²) in [6.07, 6.45) is 3.67. The van der Waals surface area contributed by atoms with Gasteiger partial charge in [0.05, 0.1) is 0 Å². The number of rotatable bonds is 5. The first-order valence-corrected chi connectivity index (χ1v) is 6.74. The molecule has 1 atom stereocenters. The molecular formula is C11H22BrNO. The quantitative estimate of drug-likeness (QED) is 0.707. The summed E-state index contributed by atoms with van der Waals surface area (Å²) in [6, 6.07) is 0.747. The highest BCUT2D eigenvalue weighted by Crippen LogP contribution is 2.16. The third-order valence-corrected chi connectivity index (χ3v) is 4.07. The zero-order chi connectivity index (χ0) is 10.4. The molecule has 1 unspecified atom stereocenters. The van der Waals surface area contributed by atoms with Crippen molar-refractivity contribution in [2.75, 3.05) is 32.1 Å². The van der Waals surface area contributed by atoms with Gasteiger partial charge in [-0.3, -0.25) is 0 Å². The van der Waals surface area contributed by atoms with Gasteiger partial charge in [-0.25, -0.2) is 0 Å². The van der Waals surface area contributed by atoms with Crippen molar-refractivity contribution in [1.29, 1.82) is 0 Å². The molecule has 0 amide bonds. The Morgan fingerprint density at radius 3 is 2.57 bits per heavy atom. The van der Waals surface area contributed by atoms with Crippen LogP contribution in [0, 0.1) is 5.92 Å². The van der Waals surface area contributed by atoms with Crippen LogP contribution < -0.4 is 0 Å². The Morgan fingerprint density at radius 1 is 1.43 bits per heavy atom. The minimum atomic E-state index is 0.747. The average molecular weight is 264 g/mol. The normalized spacial score (nSPS) is 21.4. The van der Waals surface area contributed by atoms with Gasteiger partial charge in [-0.1, -0.05) is 29.3 Å². The second-order valence-electron chi connectivity index (χ2n) is 4.21. The molecule has 14 heavy (non-hydrogen) atoms. The van der Waals surface area contributed by atoms with E-state index < -0.39 is 0 Å². The Hall–Kier alpha value is 0.400. The number of hydrogen-bond donors (Lipinski definition) is 0. The fourth-order valence-electron chi connectivity index (χ4n) is 1.97. The van der Waals surface area contributed by atoms with Gasteiger partial charge in [-0.2, -0.15) is 0 Å². The molecule has 3 heteroatoms. The zero-order valence-corrected chi connectivity index (χ0v) is 10.9. The minimum absolute atomic E-state index is 0.747. The zero-order valence-electron chi connectivity index (χ0n) is 9.34. The Balaban J connectivity index is 2.27. The van der Waals surface area contributed by atoms with Gasteiger partial charge in [0.1, 0.15) is 0 Å². The SMILES string of the molecule is CCC(CBr)CN(C)C1CCOCC1. The first-order valence-electron chi connectivity index (χ1n) is 5.61. The van der Waals surface area contributed by atoms with E-state index in [-0.39, 0.29) is 0 Å². The molecule has 1 aliphatic rings. The van der Waals surface area contributed by atoms with Crippen molar-refractivity contribution in [1.82, 2.24) is 4.90 Å². The van der Waals surface area contributed by atoms with E-state index in [9.17, 15) is 0 Å². The smallest absolute Gasteiger partial charge is 0.0480 e. The Bertz CT molecular complexity index is 144. The maximum Gasteiger partial charge on any atom is 0.0480 e. The Kier molecular flexibility index (Phi) is 6.06. The number of alkyl halides is 1. The van der Waals surface area contributed by atoms with E-state index in [0.29, 0.717) is 0 Å². The minimum Gasteiger partial charge on any atom is -0.381 e. The molecule has 0 bridgehead atoms. The lowest BCUT2D eigenvalue weighted by atomic mass is 10.0. The number of nitrogens with zero attached hydrogens (tertiary/aromatic N) is 1. The van der Waals surface area contributed by atoms with Crippen LogP contribution in [0.1, 0.15) is 26.2 Å². The summed E-state index contributed by atoms with van der Waals surface area (Å²) in [4.78, 5) is 2.51. The van der Waals surface area contributed by atoms with Crippen molar-refractivity contribution in [3.63, 3.8) is 0 Å². The number of hydrogen-bond acceptors (Lipinski definition) is 2. The predicted octanol–water partition coefficient (Wildman–Crippen LogP) is 2.52. The molecule has 0 aromatic carbocycles. The molecule has 0 aliphatic carbocycles. The van der Waals surface area contributed by atoms with Gasteiger partial charge in [-0.15, -0.1) is 0 Å². The molecule has 0 spiro atoms. The molecule has 1 aliphatic heterocycles. The monoisotopic (exact) mass is 263 g/mol. The van der Waals surface area contributed by atoms with Gasteiger partial charge in [0.25, 0.3) is 0 Å². The van der Waals surface area contributed by atoms with E-state index in [4.69, 9.17) is 4.74 Å². The lowest BCUT2D eigenvalue weighted by Gasteiger charge is -2.33. The lowest BCUT2D eigenvalue weighted by Crippen LogP contribution is -2.39. The first kappa shape index (κ1) is 12.5. The summed E-state index contributed by atoms with van der Waals surface area (Å²) in [5.41, 5.74) is 0. The van der Waals surface area contributed by atoms with Crippen molar-refractivity contribution in [3.05, 3.63) is 0 Å². The van der Waals surface area contributed by atoms with Crippen LogP contribution in [0.25, 0.3) is 0 Å². The van der Waals surface area contributed by atoms with Gasteiger partial charge in [0.15, 0.2) is 0 Å². The Labute approximate surface area is 96.1 Å².